The standard InChI is InChI=1S/C16H21N3O/c1-16(2,3)14-7-9-18-15(19-14)12-5-4-6-13(11-12)20-10-8-17/h4-7,9,11H,8,10,17H2,1-3H3. The fourth-order valence-corrected chi connectivity index (χ4v) is 1.82. The van der Waals surface area contributed by atoms with Crippen LogP contribution < -0.4 is 10.5 Å². The number of aromatic nitrogens is 2. The first-order valence-corrected chi connectivity index (χ1v) is 6.77. The molecule has 0 bridgehead atoms. The molecule has 0 aliphatic rings. The van der Waals surface area contributed by atoms with Gasteiger partial charge in [-0.1, -0.05) is 32.9 Å². The molecule has 0 amide bonds. The minimum absolute atomic E-state index is 0.00531. The van der Waals surface area contributed by atoms with Gasteiger partial charge in [-0.15, -0.1) is 0 Å². The van der Waals surface area contributed by atoms with E-state index in [-0.39, 0.29) is 5.41 Å². The fraction of sp³-hybridized carbons (Fsp3) is 0.375. The molecular formula is C16H21N3O. The van der Waals surface area contributed by atoms with Crippen molar-refractivity contribution >= 4 is 0 Å². The van der Waals surface area contributed by atoms with E-state index in [1.807, 2.05) is 30.3 Å². The van der Waals surface area contributed by atoms with Crippen LogP contribution in [0.2, 0.25) is 0 Å². The molecule has 2 N–H and O–H groups in total. The topological polar surface area (TPSA) is 61.0 Å². The van der Waals surface area contributed by atoms with E-state index in [4.69, 9.17) is 10.5 Å². The molecule has 0 atom stereocenters. The molecule has 0 saturated carbocycles. The molecule has 0 aliphatic heterocycles. The summed E-state index contributed by atoms with van der Waals surface area (Å²) in [7, 11) is 0. The minimum Gasteiger partial charge on any atom is -0.492 e. The monoisotopic (exact) mass is 271 g/mol. The second kappa shape index (κ2) is 6.01. The van der Waals surface area contributed by atoms with Crippen molar-refractivity contribution in [2.75, 3.05) is 13.2 Å². The summed E-state index contributed by atoms with van der Waals surface area (Å²) in [6.45, 7) is 7.42. The molecule has 0 saturated heterocycles. The van der Waals surface area contributed by atoms with Crippen molar-refractivity contribution in [2.45, 2.75) is 26.2 Å². The Morgan fingerprint density at radius 3 is 2.70 bits per heavy atom. The molecule has 2 aromatic rings. The third-order valence-electron chi connectivity index (χ3n) is 2.90. The van der Waals surface area contributed by atoms with Crippen LogP contribution in [0.3, 0.4) is 0 Å². The van der Waals surface area contributed by atoms with E-state index in [0.717, 1.165) is 22.8 Å². The van der Waals surface area contributed by atoms with Crippen molar-refractivity contribution in [3.63, 3.8) is 0 Å². The van der Waals surface area contributed by atoms with E-state index >= 15 is 0 Å². The molecule has 20 heavy (non-hydrogen) atoms. The van der Waals surface area contributed by atoms with Gasteiger partial charge in [0.25, 0.3) is 0 Å². The van der Waals surface area contributed by atoms with Gasteiger partial charge in [-0.25, -0.2) is 9.97 Å². The molecule has 0 radical (unpaired) electrons. The van der Waals surface area contributed by atoms with Gasteiger partial charge in [0, 0.05) is 29.4 Å². The lowest BCUT2D eigenvalue weighted by Gasteiger charge is -2.18. The lowest BCUT2D eigenvalue weighted by Crippen LogP contribution is -2.14. The number of rotatable bonds is 4. The normalized spacial score (nSPS) is 11.4. The lowest BCUT2D eigenvalue weighted by molar-refractivity contribution is 0.328. The largest absolute Gasteiger partial charge is 0.492 e. The first-order valence-electron chi connectivity index (χ1n) is 6.77. The van der Waals surface area contributed by atoms with E-state index in [1.165, 1.54) is 0 Å². The van der Waals surface area contributed by atoms with Crippen molar-refractivity contribution in [1.29, 1.82) is 0 Å². The maximum absolute atomic E-state index is 5.53. The highest BCUT2D eigenvalue weighted by atomic mass is 16.5. The molecule has 4 heteroatoms. The molecule has 1 aromatic heterocycles. The molecule has 2 rings (SSSR count). The Morgan fingerprint density at radius 2 is 2.00 bits per heavy atom. The first-order chi connectivity index (χ1) is 9.50. The predicted molar refractivity (Wildman–Crippen MR) is 80.7 cm³/mol. The number of nitrogens with zero attached hydrogens (tertiary/aromatic N) is 2. The van der Waals surface area contributed by atoms with Crippen molar-refractivity contribution in [1.82, 2.24) is 9.97 Å². The zero-order valence-corrected chi connectivity index (χ0v) is 12.3. The molecule has 4 nitrogen and oxygen atoms in total. The minimum atomic E-state index is 0.00531. The highest BCUT2D eigenvalue weighted by Gasteiger charge is 2.16. The van der Waals surface area contributed by atoms with E-state index in [1.54, 1.807) is 6.20 Å². The highest BCUT2D eigenvalue weighted by molar-refractivity contribution is 5.57. The van der Waals surface area contributed by atoms with Gasteiger partial charge in [0.05, 0.1) is 0 Å². The Morgan fingerprint density at radius 1 is 1.20 bits per heavy atom. The summed E-state index contributed by atoms with van der Waals surface area (Å²) >= 11 is 0. The highest BCUT2D eigenvalue weighted by Crippen LogP contribution is 2.24. The van der Waals surface area contributed by atoms with Crippen LogP contribution in [-0.2, 0) is 5.41 Å². The van der Waals surface area contributed by atoms with Crippen LogP contribution >= 0.6 is 0 Å². The summed E-state index contributed by atoms with van der Waals surface area (Å²) in [4.78, 5) is 9.00. The molecule has 1 aromatic carbocycles. The first kappa shape index (κ1) is 14.5. The Hall–Kier alpha value is -1.94. The van der Waals surface area contributed by atoms with Gasteiger partial charge in [0.1, 0.15) is 12.4 Å². The van der Waals surface area contributed by atoms with Crippen LogP contribution in [0.25, 0.3) is 11.4 Å². The van der Waals surface area contributed by atoms with Crippen molar-refractivity contribution in [3.05, 3.63) is 42.2 Å². The van der Waals surface area contributed by atoms with Crippen LogP contribution in [0, 0.1) is 0 Å². The van der Waals surface area contributed by atoms with Gasteiger partial charge in [0.15, 0.2) is 5.82 Å². The Bertz CT molecular complexity index is 576. The SMILES string of the molecule is CC(C)(C)c1ccnc(-c2cccc(OCCN)c2)n1. The molecule has 0 spiro atoms. The second-order valence-electron chi connectivity index (χ2n) is 5.68. The van der Waals surface area contributed by atoms with Gasteiger partial charge < -0.3 is 10.5 Å². The molecule has 0 fully saturated rings. The maximum atomic E-state index is 5.53. The van der Waals surface area contributed by atoms with Crippen molar-refractivity contribution < 1.29 is 4.74 Å². The third-order valence-corrected chi connectivity index (χ3v) is 2.90. The molecule has 0 unspecified atom stereocenters. The maximum Gasteiger partial charge on any atom is 0.159 e. The van der Waals surface area contributed by atoms with Gasteiger partial charge in [-0.2, -0.15) is 0 Å². The van der Waals surface area contributed by atoms with Crippen LogP contribution in [0.1, 0.15) is 26.5 Å². The van der Waals surface area contributed by atoms with Gasteiger partial charge in [-0.3, -0.25) is 0 Å². The Balaban J connectivity index is 2.32. The number of benzene rings is 1. The van der Waals surface area contributed by atoms with Gasteiger partial charge in [-0.05, 0) is 18.2 Å². The summed E-state index contributed by atoms with van der Waals surface area (Å²) in [5.41, 5.74) is 7.42. The lowest BCUT2D eigenvalue weighted by atomic mass is 9.92. The summed E-state index contributed by atoms with van der Waals surface area (Å²) in [5, 5.41) is 0. The van der Waals surface area contributed by atoms with E-state index < -0.39 is 0 Å². The Labute approximate surface area is 120 Å². The number of nitrogens with two attached hydrogens (primary N) is 1. The molecule has 1 heterocycles. The van der Waals surface area contributed by atoms with Crippen molar-refractivity contribution in [3.8, 4) is 17.1 Å². The van der Waals surface area contributed by atoms with Gasteiger partial charge in [0.2, 0.25) is 0 Å². The van der Waals surface area contributed by atoms with Crippen LogP contribution in [0.15, 0.2) is 36.5 Å². The Kier molecular flexibility index (Phi) is 4.35. The molecule has 106 valence electrons. The summed E-state index contributed by atoms with van der Waals surface area (Å²) < 4.78 is 5.53. The third kappa shape index (κ3) is 3.54. The van der Waals surface area contributed by atoms with E-state index in [0.29, 0.717) is 13.2 Å². The summed E-state index contributed by atoms with van der Waals surface area (Å²) in [6.07, 6.45) is 1.80. The molecular weight excluding hydrogens is 250 g/mol. The number of hydrogen-bond donors (Lipinski definition) is 1. The summed E-state index contributed by atoms with van der Waals surface area (Å²) in [6, 6.07) is 9.73. The van der Waals surface area contributed by atoms with Gasteiger partial charge >= 0.3 is 0 Å². The second-order valence-corrected chi connectivity index (χ2v) is 5.68. The van der Waals surface area contributed by atoms with E-state index in [9.17, 15) is 0 Å². The van der Waals surface area contributed by atoms with Crippen LogP contribution in [0.4, 0.5) is 0 Å². The predicted octanol–water partition coefficient (Wildman–Crippen LogP) is 2.78. The van der Waals surface area contributed by atoms with E-state index in [2.05, 4.69) is 30.7 Å². The number of ether oxygens (including phenoxy) is 1. The average Bonchev–Trinajstić information content (AvgIpc) is 2.45. The fourth-order valence-electron chi connectivity index (χ4n) is 1.82. The quantitative estimate of drug-likeness (QED) is 0.929. The average molecular weight is 271 g/mol. The van der Waals surface area contributed by atoms with Crippen molar-refractivity contribution in [2.24, 2.45) is 5.73 Å². The number of hydrogen-bond acceptors (Lipinski definition) is 4. The zero-order valence-electron chi connectivity index (χ0n) is 12.3. The van der Waals surface area contributed by atoms with Crippen LogP contribution in [0.5, 0.6) is 5.75 Å². The smallest absolute Gasteiger partial charge is 0.159 e. The summed E-state index contributed by atoms with van der Waals surface area (Å²) in [5.74, 6) is 1.51. The molecule has 0 aliphatic carbocycles. The zero-order chi connectivity index (χ0) is 14.6. The van der Waals surface area contributed by atoms with Crippen LogP contribution in [-0.4, -0.2) is 23.1 Å².